The van der Waals surface area contributed by atoms with Gasteiger partial charge in [0.2, 0.25) is 0 Å². The van der Waals surface area contributed by atoms with Crippen molar-refractivity contribution in [3.05, 3.63) is 10.6 Å². The summed E-state index contributed by atoms with van der Waals surface area (Å²) in [5.41, 5.74) is 0.780. The second-order valence-corrected chi connectivity index (χ2v) is 4.20. The van der Waals surface area contributed by atoms with E-state index in [1.165, 1.54) is 12.8 Å². The fourth-order valence-corrected chi connectivity index (χ4v) is 2.11. The SMILES string of the molecule is C/C(C#N)=C(/Cl)C1(C)CCCC1. The standard InChI is InChI=1S/C10H14ClN/c1-8(7-12)9(11)10(2)5-3-4-6-10/h3-6H2,1-2H3/b9-8-. The Morgan fingerprint density at radius 2 is 1.92 bits per heavy atom. The molecule has 0 aromatic carbocycles. The van der Waals surface area contributed by atoms with Gasteiger partial charge in [-0.3, -0.25) is 0 Å². The Kier molecular flexibility index (Phi) is 2.80. The van der Waals surface area contributed by atoms with E-state index < -0.39 is 0 Å². The van der Waals surface area contributed by atoms with E-state index >= 15 is 0 Å². The number of rotatable bonds is 1. The number of allylic oxidation sites excluding steroid dienone is 2. The molecule has 0 spiro atoms. The third-order valence-corrected chi connectivity index (χ3v) is 3.47. The zero-order valence-electron chi connectivity index (χ0n) is 7.65. The summed E-state index contributed by atoms with van der Waals surface area (Å²) in [6.45, 7) is 3.95. The number of nitriles is 1. The molecule has 66 valence electrons. The van der Waals surface area contributed by atoms with Crippen LogP contribution in [0.15, 0.2) is 10.6 Å². The molecule has 0 amide bonds. The molecule has 1 saturated carbocycles. The molecule has 0 atom stereocenters. The van der Waals surface area contributed by atoms with Gasteiger partial charge in [0.15, 0.2) is 0 Å². The molecular weight excluding hydrogens is 170 g/mol. The molecule has 0 radical (unpaired) electrons. The Labute approximate surface area is 79.0 Å². The highest BCUT2D eigenvalue weighted by atomic mass is 35.5. The molecule has 0 heterocycles. The molecule has 0 aromatic rings. The summed E-state index contributed by atoms with van der Waals surface area (Å²) in [5.74, 6) is 0. The third kappa shape index (κ3) is 1.64. The molecule has 1 aliphatic rings. The van der Waals surface area contributed by atoms with Crippen molar-refractivity contribution in [2.45, 2.75) is 39.5 Å². The van der Waals surface area contributed by atoms with E-state index in [0.29, 0.717) is 5.57 Å². The van der Waals surface area contributed by atoms with Crippen LogP contribution in [0.5, 0.6) is 0 Å². The van der Waals surface area contributed by atoms with Gasteiger partial charge in [-0.15, -0.1) is 0 Å². The zero-order valence-corrected chi connectivity index (χ0v) is 8.41. The van der Waals surface area contributed by atoms with Crippen molar-refractivity contribution in [1.29, 1.82) is 5.26 Å². The molecule has 1 nitrogen and oxygen atoms in total. The summed E-state index contributed by atoms with van der Waals surface area (Å²) in [6.07, 6.45) is 4.74. The molecule has 0 aromatic heterocycles. The first-order chi connectivity index (χ1) is 5.60. The number of hydrogen-bond acceptors (Lipinski definition) is 1. The lowest BCUT2D eigenvalue weighted by Gasteiger charge is -2.23. The van der Waals surface area contributed by atoms with Crippen LogP contribution in [0, 0.1) is 16.7 Å². The Morgan fingerprint density at radius 3 is 2.33 bits per heavy atom. The van der Waals surface area contributed by atoms with Gasteiger partial charge >= 0.3 is 0 Å². The molecule has 0 N–H and O–H groups in total. The smallest absolute Gasteiger partial charge is 0.0956 e. The van der Waals surface area contributed by atoms with Crippen LogP contribution >= 0.6 is 11.6 Å². The van der Waals surface area contributed by atoms with E-state index in [-0.39, 0.29) is 5.41 Å². The molecule has 0 bridgehead atoms. The quantitative estimate of drug-likeness (QED) is 0.570. The Morgan fingerprint density at radius 1 is 1.42 bits per heavy atom. The van der Waals surface area contributed by atoms with E-state index in [4.69, 9.17) is 16.9 Å². The topological polar surface area (TPSA) is 23.8 Å². The maximum atomic E-state index is 8.69. The Hall–Kier alpha value is -0.480. The second-order valence-electron chi connectivity index (χ2n) is 3.82. The van der Waals surface area contributed by atoms with Crippen molar-refractivity contribution in [1.82, 2.24) is 0 Å². The highest BCUT2D eigenvalue weighted by molar-refractivity contribution is 6.30. The minimum Gasteiger partial charge on any atom is -0.193 e. The fraction of sp³-hybridized carbons (Fsp3) is 0.700. The lowest BCUT2D eigenvalue weighted by Crippen LogP contribution is -2.12. The largest absolute Gasteiger partial charge is 0.193 e. The summed E-state index contributed by atoms with van der Waals surface area (Å²) in [5, 5.41) is 9.47. The van der Waals surface area contributed by atoms with Gasteiger partial charge in [0.25, 0.3) is 0 Å². The maximum Gasteiger partial charge on any atom is 0.0956 e. The molecule has 0 unspecified atom stereocenters. The van der Waals surface area contributed by atoms with Gasteiger partial charge < -0.3 is 0 Å². The second kappa shape index (κ2) is 3.49. The van der Waals surface area contributed by atoms with Crippen LogP contribution in [0.3, 0.4) is 0 Å². The van der Waals surface area contributed by atoms with Crippen molar-refractivity contribution in [3.63, 3.8) is 0 Å². The van der Waals surface area contributed by atoms with Crippen molar-refractivity contribution < 1.29 is 0 Å². The Balaban J connectivity index is 2.89. The lowest BCUT2D eigenvalue weighted by molar-refractivity contribution is 0.433. The molecule has 1 fully saturated rings. The first-order valence-corrected chi connectivity index (χ1v) is 4.75. The molecule has 1 rings (SSSR count). The van der Waals surface area contributed by atoms with Crippen molar-refractivity contribution in [3.8, 4) is 6.07 Å². The first kappa shape index (κ1) is 9.61. The molecular formula is C10H14ClN. The maximum absolute atomic E-state index is 8.69. The molecule has 2 heteroatoms. The lowest BCUT2D eigenvalue weighted by atomic mass is 9.86. The van der Waals surface area contributed by atoms with E-state index in [0.717, 1.165) is 17.9 Å². The monoisotopic (exact) mass is 183 g/mol. The van der Waals surface area contributed by atoms with Crippen LogP contribution < -0.4 is 0 Å². The van der Waals surface area contributed by atoms with Crippen LogP contribution in [0.4, 0.5) is 0 Å². The van der Waals surface area contributed by atoms with Gasteiger partial charge in [-0.05, 0) is 19.8 Å². The molecule has 1 aliphatic carbocycles. The third-order valence-electron chi connectivity index (χ3n) is 2.73. The number of hydrogen-bond donors (Lipinski definition) is 0. The van der Waals surface area contributed by atoms with Gasteiger partial charge in [0, 0.05) is 16.0 Å². The molecule has 0 saturated heterocycles. The highest BCUT2D eigenvalue weighted by Gasteiger charge is 2.32. The normalized spacial score (nSPS) is 23.2. The van der Waals surface area contributed by atoms with Crippen molar-refractivity contribution in [2.24, 2.45) is 5.41 Å². The summed E-state index contributed by atoms with van der Waals surface area (Å²) in [7, 11) is 0. The van der Waals surface area contributed by atoms with E-state index in [2.05, 4.69) is 13.0 Å². The summed E-state index contributed by atoms with van der Waals surface area (Å²) >= 11 is 6.14. The van der Waals surface area contributed by atoms with Gasteiger partial charge in [0.1, 0.15) is 0 Å². The van der Waals surface area contributed by atoms with E-state index in [1.54, 1.807) is 6.92 Å². The van der Waals surface area contributed by atoms with Crippen LogP contribution in [0.2, 0.25) is 0 Å². The predicted molar refractivity (Wildman–Crippen MR) is 50.7 cm³/mol. The van der Waals surface area contributed by atoms with Gasteiger partial charge in [0.05, 0.1) is 6.07 Å². The first-order valence-electron chi connectivity index (χ1n) is 4.37. The predicted octanol–water partition coefficient (Wildman–Crippen LogP) is 3.60. The van der Waals surface area contributed by atoms with Crippen LogP contribution in [-0.4, -0.2) is 0 Å². The molecule has 12 heavy (non-hydrogen) atoms. The minimum absolute atomic E-state index is 0.0986. The van der Waals surface area contributed by atoms with Gasteiger partial charge in [-0.25, -0.2) is 0 Å². The molecule has 0 aliphatic heterocycles. The summed E-state index contributed by atoms with van der Waals surface area (Å²) in [4.78, 5) is 0. The van der Waals surface area contributed by atoms with Crippen LogP contribution in [-0.2, 0) is 0 Å². The fourth-order valence-electron chi connectivity index (χ4n) is 1.88. The van der Waals surface area contributed by atoms with Gasteiger partial charge in [-0.1, -0.05) is 31.4 Å². The summed E-state index contributed by atoms with van der Waals surface area (Å²) < 4.78 is 0. The van der Waals surface area contributed by atoms with E-state index in [1.807, 2.05) is 0 Å². The van der Waals surface area contributed by atoms with Crippen LogP contribution in [0.25, 0.3) is 0 Å². The Bertz CT molecular complexity index is 241. The number of nitrogens with zero attached hydrogens (tertiary/aromatic N) is 1. The van der Waals surface area contributed by atoms with E-state index in [9.17, 15) is 0 Å². The van der Waals surface area contributed by atoms with Crippen molar-refractivity contribution >= 4 is 11.6 Å². The minimum atomic E-state index is 0.0986. The highest BCUT2D eigenvalue weighted by Crippen LogP contribution is 2.46. The number of halogens is 1. The van der Waals surface area contributed by atoms with Crippen LogP contribution in [0.1, 0.15) is 39.5 Å². The van der Waals surface area contributed by atoms with Crippen molar-refractivity contribution in [2.75, 3.05) is 0 Å². The average molecular weight is 184 g/mol. The zero-order chi connectivity index (χ0) is 9.19. The summed E-state index contributed by atoms with van der Waals surface area (Å²) in [6, 6.07) is 2.11. The average Bonchev–Trinajstić information content (AvgIpc) is 2.50. The van der Waals surface area contributed by atoms with Gasteiger partial charge in [-0.2, -0.15) is 5.26 Å².